The molecule has 1 saturated heterocycles. The highest BCUT2D eigenvalue weighted by atomic mass is 16.4. The highest BCUT2D eigenvalue weighted by Gasteiger charge is 2.21. The molecule has 8 rings (SSSR count). The van der Waals surface area contributed by atoms with Crippen LogP contribution in [0.1, 0.15) is 22.3 Å². The summed E-state index contributed by atoms with van der Waals surface area (Å²) in [4.78, 5) is 42.1. The van der Waals surface area contributed by atoms with Crippen LogP contribution in [-0.2, 0) is 11.3 Å². The Labute approximate surface area is 214 Å². The lowest BCUT2D eigenvalue weighted by atomic mass is 10.1. The molecule has 5 aliphatic heterocycles. The monoisotopic (exact) mass is 502 g/mol. The van der Waals surface area contributed by atoms with E-state index in [9.17, 15) is 14.7 Å². The second-order valence-corrected chi connectivity index (χ2v) is 9.18. The second-order valence-electron chi connectivity index (χ2n) is 9.18. The fourth-order valence-corrected chi connectivity index (χ4v) is 4.51. The average molecular weight is 503 g/mol. The zero-order valence-electron chi connectivity index (χ0n) is 20.5. The molecule has 37 heavy (non-hydrogen) atoms. The Kier molecular flexibility index (Phi) is 7.52. The van der Waals surface area contributed by atoms with Gasteiger partial charge in [-0.2, -0.15) is 0 Å². The molecule has 3 aromatic rings. The number of piperazine rings is 1. The first kappa shape index (κ1) is 24.6. The third-order valence-corrected chi connectivity index (χ3v) is 6.51. The first-order valence-electron chi connectivity index (χ1n) is 12.4. The molecule has 1 aromatic carbocycles. The molecule has 192 valence electrons. The predicted molar refractivity (Wildman–Crippen MR) is 140 cm³/mol. The van der Waals surface area contributed by atoms with Crippen LogP contribution in [0.5, 0.6) is 0 Å². The van der Waals surface area contributed by atoms with Crippen LogP contribution in [0, 0.1) is 0 Å². The van der Waals surface area contributed by atoms with Gasteiger partial charge in [-0.3, -0.25) is 14.6 Å². The summed E-state index contributed by atoms with van der Waals surface area (Å²) in [7, 11) is 0. The number of carbonyl (C=O) groups is 2. The van der Waals surface area contributed by atoms with Crippen molar-refractivity contribution in [2.24, 2.45) is 0 Å². The number of nitrogens with zero attached hydrogens (tertiary/aromatic N) is 5. The van der Waals surface area contributed by atoms with Crippen LogP contribution >= 0.6 is 0 Å². The SMILES string of the molecule is O=C1CN2CCN(CC2)Cc2cc(ccc2C(=O)O)Nc2nccc(n2)-c2ccc(nc2)NCCCN1. The number of benzene rings is 1. The molecule has 11 heteroatoms. The topological polar surface area (TPSA) is 136 Å². The van der Waals surface area contributed by atoms with E-state index in [1.54, 1.807) is 24.5 Å². The molecule has 1 amide bonds. The summed E-state index contributed by atoms with van der Waals surface area (Å²) < 4.78 is 0. The van der Waals surface area contributed by atoms with Crippen LogP contribution in [0.2, 0.25) is 0 Å². The first-order chi connectivity index (χ1) is 18.0. The van der Waals surface area contributed by atoms with Gasteiger partial charge in [0.15, 0.2) is 0 Å². The summed E-state index contributed by atoms with van der Waals surface area (Å²) in [5, 5.41) is 19.2. The maximum absolute atomic E-state index is 12.4. The number of hydrogen-bond donors (Lipinski definition) is 4. The van der Waals surface area contributed by atoms with Crippen molar-refractivity contribution in [1.29, 1.82) is 0 Å². The Morgan fingerprint density at radius 2 is 1.70 bits per heavy atom. The maximum Gasteiger partial charge on any atom is 0.336 e. The summed E-state index contributed by atoms with van der Waals surface area (Å²) in [6, 6.07) is 10.8. The summed E-state index contributed by atoms with van der Waals surface area (Å²) in [6.07, 6.45) is 4.22. The Morgan fingerprint density at radius 3 is 2.46 bits per heavy atom. The van der Waals surface area contributed by atoms with Crippen LogP contribution in [0.4, 0.5) is 17.5 Å². The third kappa shape index (κ3) is 6.38. The number of amides is 1. The first-order valence-corrected chi connectivity index (χ1v) is 12.4. The lowest BCUT2D eigenvalue weighted by Crippen LogP contribution is -2.49. The van der Waals surface area contributed by atoms with Gasteiger partial charge in [0.25, 0.3) is 0 Å². The summed E-state index contributed by atoms with van der Waals surface area (Å²) in [6.45, 7) is 5.16. The molecule has 0 saturated carbocycles. The summed E-state index contributed by atoms with van der Waals surface area (Å²) >= 11 is 0. The Morgan fingerprint density at radius 1 is 0.919 bits per heavy atom. The summed E-state index contributed by atoms with van der Waals surface area (Å²) in [5.74, 6) is 0.227. The van der Waals surface area contributed by atoms with E-state index in [0.717, 1.165) is 49.7 Å². The second kappa shape index (κ2) is 11.3. The normalized spacial score (nSPS) is 20.4. The standard InChI is InChI=1S/C26H30N8O3/c35-24-17-34-12-10-33(11-13-34)16-19-14-20(3-4-21(19)25(36)37)31-26-29-9-6-22(32-26)18-2-5-23(30-15-18)27-7-1-8-28-24/h2-6,9,14-15H,1,7-8,10-13,16-17H2,(H,27,30)(H,28,35)(H,36,37)(H,29,31,32). The minimum absolute atomic E-state index is 0.0177. The molecule has 5 aliphatic rings. The fraction of sp³-hybridized carbons (Fsp3) is 0.346. The van der Waals surface area contributed by atoms with Gasteiger partial charge in [-0.15, -0.1) is 0 Å². The van der Waals surface area contributed by atoms with Gasteiger partial charge < -0.3 is 21.1 Å². The molecule has 1 fully saturated rings. The number of rotatable bonds is 1. The van der Waals surface area contributed by atoms with Crippen molar-refractivity contribution in [2.75, 3.05) is 56.4 Å². The molecule has 2 aromatic heterocycles. The van der Waals surface area contributed by atoms with E-state index < -0.39 is 5.97 Å². The quantitative estimate of drug-likeness (QED) is 0.391. The molecule has 0 aliphatic carbocycles. The molecular weight excluding hydrogens is 472 g/mol. The Balaban J connectivity index is 1.41. The number of carboxylic acids is 1. The highest BCUT2D eigenvalue weighted by Crippen LogP contribution is 2.23. The van der Waals surface area contributed by atoms with Crippen molar-refractivity contribution in [3.05, 3.63) is 59.9 Å². The van der Waals surface area contributed by atoms with Gasteiger partial charge in [-0.1, -0.05) is 0 Å². The minimum atomic E-state index is -0.960. The molecule has 7 heterocycles. The highest BCUT2D eigenvalue weighted by molar-refractivity contribution is 5.90. The van der Waals surface area contributed by atoms with Crippen molar-refractivity contribution < 1.29 is 14.7 Å². The van der Waals surface area contributed by atoms with E-state index in [2.05, 4.69) is 40.7 Å². The van der Waals surface area contributed by atoms with Crippen LogP contribution in [-0.4, -0.2) is 87.5 Å². The molecule has 0 atom stereocenters. The molecule has 11 nitrogen and oxygen atoms in total. The van der Waals surface area contributed by atoms with Gasteiger partial charge >= 0.3 is 5.97 Å². The number of aromatic carboxylic acids is 1. The van der Waals surface area contributed by atoms with Crippen LogP contribution in [0.15, 0.2) is 48.8 Å². The zero-order valence-corrected chi connectivity index (χ0v) is 20.5. The zero-order chi connectivity index (χ0) is 25.6. The van der Waals surface area contributed by atoms with Crippen LogP contribution < -0.4 is 16.0 Å². The fourth-order valence-electron chi connectivity index (χ4n) is 4.51. The van der Waals surface area contributed by atoms with Crippen molar-refractivity contribution in [1.82, 2.24) is 30.1 Å². The van der Waals surface area contributed by atoms with E-state index in [1.807, 2.05) is 24.3 Å². The number of nitrogens with one attached hydrogen (secondary N) is 3. The molecule has 4 N–H and O–H groups in total. The van der Waals surface area contributed by atoms with Gasteiger partial charge in [0, 0.05) is 69.5 Å². The smallest absolute Gasteiger partial charge is 0.336 e. The van der Waals surface area contributed by atoms with Gasteiger partial charge in [0.05, 0.1) is 17.8 Å². The Bertz CT molecular complexity index is 1260. The molecule has 0 unspecified atom stereocenters. The van der Waals surface area contributed by atoms with Crippen molar-refractivity contribution in [3.63, 3.8) is 0 Å². The predicted octanol–water partition coefficient (Wildman–Crippen LogP) is 2.03. The molecule has 0 spiro atoms. The number of hydrogen-bond acceptors (Lipinski definition) is 9. The molecule has 0 radical (unpaired) electrons. The van der Waals surface area contributed by atoms with Gasteiger partial charge in [0.2, 0.25) is 11.9 Å². The van der Waals surface area contributed by atoms with Gasteiger partial charge in [-0.25, -0.2) is 19.7 Å². The van der Waals surface area contributed by atoms with Gasteiger partial charge in [-0.05, 0) is 48.4 Å². The van der Waals surface area contributed by atoms with Crippen molar-refractivity contribution in [2.45, 2.75) is 13.0 Å². The minimum Gasteiger partial charge on any atom is -0.478 e. The summed E-state index contributed by atoms with van der Waals surface area (Å²) in [5.41, 5.74) is 3.27. The van der Waals surface area contributed by atoms with Crippen LogP contribution in [0.3, 0.4) is 0 Å². The van der Waals surface area contributed by atoms with Crippen LogP contribution in [0.25, 0.3) is 11.3 Å². The largest absolute Gasteiger partial charge is 0.478 e. The number of carbonyl (C=O) groups excluding carboxylic acids is 1. The third-order valence-electron chi connectivity index (χ3n) is 6.51. The van der Waals surface area contributed by atoms with E-state index in [-0.39, 0.29) is 11.5 Å². The lowest BCUT2D eigenvalue weighted by molar-refractivity contribution is -0.122. The number of pyridine rings is 1. The Hall–Kier alpha value is -4.09. The van der Waals surface area contributed by atoms with Gasteiger partial charge in [0.1, 0.15) is 5.82 Å². The lowest BCUT2D eigenvalue weighted by Gasteiger charge is -2.34. The van der Waals surface area contributed by atoms with Crippen molar-refractivity contribution in [3.8, 4) is 11.3 Å². The number of carboxylic acid groups (broad SMARTS) is 1. The van der Waals surface area contributed by atoms with E-state index >= 15 is 0 Å². The number of anilines is 3. The number of aromatic nitrogens is 3. The van der Waals surface area contributed by atoms with E-state index in [4.69, 9.17) is 0 Å². The van der Waals surface area contributed by atoms with E-state index in [0.29, 0.717) is 43.4 Å². The van der Waals surface area contributed by atoms with Crippen molar-refractivity contribution >= 4 is 29.3 Å². The molecular formula is C26H30N8O3. The molecule has 8 bridgehead atoms. The van der Waals surface area contributed by atoms with E-state index in [1.165, 1.54) is 0 Å². The average Bonchev–Trinajstić information content (AvgIpc) is 2.90. The maximum atomic E-state index is 12.4.